The molecule has 2 aromatic heterocycles. The van der Waals surface area contributed by atoms with E-state index in [0.29, 0.717) is 43.4 Å². The van der Waals surface area contributed by atoms with Crippen LogP contribution in [0.3, 0.4) is 0 Å². The lowest BCUT2D eigenvalue weighted by molar-refractivity contribution is 0.195. The molecule has 0 bridgehead atoms. The number of nitrogens with zero attached hydrogens (tertiary/aromatic N) is 4. The van der Waals surface area contributed by atoms with E-state index in [-0.39, 0.29) is 11.6 Å². The molecule has 146 valence electrons. The Morgan fingerprint density at radius 3 is 2.41 bits per heavy atom. The highest BCUT2D eigenvalue weighted by Crippen LogP contribution is 2.40. The molecule has 0 radical (unpaired) electrons. The van der Waals surface area contributed by atoms with Crippen LogP contribution in [-0.2, 0) is 0 Å². The fourth-order valence-corrected chi connectivity index (χ4v) is 3.86. The van der Waals surface area contributed by atoms with Crippen molar-refractivity contribution in [2.45, 2.75) is 5.16 Å². The molecule has 0 unspecified atom stereocenters. The van der Waals surface area contributed by atoms with Gasteiger partial charge in [-0.3, -0.25) is 0 Å². The maximum absolute atomic E-state index is 11.1. The average molecular weight is 445 g/mol. The number of thioether (sulfide) groups is 1. The van der Waals surface area contributed by atoms with E-state index in [0.717, 1.165) is 4.73 Å². The van der Waals surface area contributed by atoms with Crippen molar-refractivity contribution in [1.29, 1.82) is 0 Å². The van der Waals surface area contributed by atoms with Gasteiger partial charge in [-0.25, -0.2) is 15.0 Å². The van der Waals surface area contributed by atoms with Crippen LogP contribution in [0.4, 0.5) is 0 Å². The number of hydrogen-bond acceptors (Lipinski definition) is 6. The Morgan fingerprint density at radius 2 is 1.72 bits per heavy atom. The third-order valence-electron chi connectivity index (χ3n) is 4.22. The molecular formula is C20H14Cl2N4O2S. The zero-order valence-electron chi connectivity index (χ0n) is 15.0. The summed E-state index contributed by atoms with van der Waals surface area (Å²) in [5, 5.41) is 22.2. The minimum absolute atomic E-state index is 0.0748. The van der Waals surface area contributed by atoms with Crippen molar-refractivity contribution in [1.82, 2.24) is 19.7 Å². The Kier molecular flexibility index (Phi) is 5.36. The first-order chi connectivity index (χ1) is 14.0. The first kappa shape index (κ1) is 19.6. The third kappa shape index (κ3) is 3.64. The van der Waals surface area contributed by atoms with E-state index in [2.05, 4.69) is 15.0 Å². The molecule has 0 aliphatic carbocycles. The molecule has 6 nitrogen and oxygen atoms in total. The monoisotopic (exact) mass is 444 g/mol. The van der Waals surface area contributed by atoms with Crippen LogP contribution in [0.15, 0.2) is 59.9 Å². The smallest absolute Gasteiger partial charge is 0.187 e. The van der Waals surface area contributed by atoms with E-state index in [9.17, 15) is 10.3 Å². The van der Waals surface area contributed by atoms with E-state index >= 15 is 0 Å². The number of imidazole rings is 1. The molecule has 0 atom stereocenters. The van der Waals surface area contributed by atoms with Gasteiger partial charge in [-0.05, 0) is 36.6 Å². The molecule has 0 aliphatic rings. The maximum atomic E-state index is 11.1. The predicted molar refractivity (Wildman–Crippen MR) is 115 cm³/mol. The highest BCUT2D eigenvalue weighted by atomic mass is 35.5. The van der Waals surface area contributed by atoms with E-state index in [1.165, 1.54) is 11.8 Å². The largest absolute Gasteiger partial charge is 0.508 e. The van der Waals surface area contributed by atoms with Gasteiger partial charge in [0.15, 0.2) is 11.0 Å². The average Bonchev–Trinajstić information content (AvgIpc) is 3.05. The number of benzene rings is 2. The van der Waals surface area contributed by atoms with Crippen molar-refractivity contribution in [3.63, 3.8) is 0 Å². The van der Waals surface area contributed by atoms with Crippen molar-refractivity contribution in [3.05, 3.63) is 64.8 Å². The number of phenolic OH excluding ortho intramolecular Hbond substituents is 1. The van der Waals surface area contributed by atoms with E-state index in [1.54, 1.807) is 54.7 Å². The summed E-state index contributed by atoms with van der Waals surface area (Å²) < 4.78 is 0.916. The van der Waals surface area contributed by atoms with Crippen LogP contribution in [0.1, 0.15) is 0 Å². The van der Waals surface area contributed by atoms with Crippen LogP contribution in [0.25, 0.3) is 34.0 Å². The summed E-state index contributed by atoms with van der Waals surface area (Å²) in [5.74, 6) is 0.240. The second-order valence-electron chi connectivity index (χ2n) is 6.02. The highest BCUT2D eigenvalue weighted by molar-refractivity contribution is 7.98. The Hall–Kier alpha value is -2.74. The predicted octanol–water partition coefficient (Wildman–Crippen LogP) is 5.65. The van der Waals surface area contributed by atoms with Crippen molar-refractivity contribution < 1.29 is 10.3 Å². The van der Waals surface area contributed by atoms with Crippen LogP contribution >= 0.6 is 35.0 Å². The van der Waals surface area contributed by atoms with Gasteiger partial charge in [-0.1, -0.05) is 53.2 Å². The van der Waals surface area contributed by atoms with Gasteiger partial charge in [0.1, 0.15) is 17.1 Å². The molecule has 0 spiro atoms. The zero-order chi connectivity index (χ0) is 20.5. The van der Waals surface area contributed by atoms with Gasteiger partial charge in [-0.2, -0.15) is 4.73 Å². The van der Waals surface area contributed by atoms with Gasteiger partial charge >= 0.3 is 0 Å². The molecule has 2 heterocycles. The molecule has 0 saturated heterocycles. The second-order valence-corrected chi connectivity index (χ2v) is 7.61. The number of aromatic hydroxyl groups is 1. The third-order valence-corrected chi connectivity index (χ3v) is 5.41. The summed E-state index contributed by atoms with van der Waals surface area (Å²) in [6, 6.07) is 13.3. The minimum atomic E-state index is 0.0748. The van der Waals surface area contributed by atoms with Crippen LogP contribution in [0, 0.1) is 0 Å². The standard InChI is InChI=1S/C20H14Cl2N4O2S/c1-29-20-23-9-8-15(24-20)18-17(11-4-2-5-12(27)10-11)25-19(26(18)28)16-13(21)6-3-7-14(16)22/h2-10,27-28H,1H3. The Morgan fingerprint density at radius 1 is 1.00 bits per heavy atom. The topological polar surface area (TPSA) is 84.1 Å². The molecule has 4 rings (SSSR count). The number of aromatic nitrogens is 4. The molecule has 29 heavy (non-hydrogen) atoms. The summed E-state index contributed by atoms with van der Waals surface area (Å²) in [6.45, 7) is 0. The Labute approximate surface area is 180 Å². The van der Waals surface area contributed by atoms with E-state index in [1.807, 2.05) is 6.26 Å². The quantitative estimate of drug-likeness (QED) is 0.240. The highest BCUT2D eigenvalue weighted by Gasteiger charge is 2.25. The van der Waals surface area contributed by atoms with Crippen molar-refractivity contribution in [2.75, 3.05) is 6.26 Å². The van der Waals surface area contributed by atoms with Gasteiger partial charge in [0, 0.05) is 11.8 Å². The first-order valence-electron chi connectivity index (χ1n) is 8.42. The lowest BCUT2D eigenvalue weighted by atomic mass is 10.1. The lowest BCUT2D eigenvalue weighted by Gasteiger charge is -2.08. The van der Waals surface area contributed by atoms with Crippen LogP contribution in [-0.4, -0.2) is 36.3 Å². The van der Waals surface area contributed by atoms with Gasteiger partial charge in [0.25, 0.3) is 0 Å². The molecule has 0 amide bonds. The SMILES string of the molecule is CSc1nccc(-c2c(-c3cccc(O)c3)nc(-c3c(Cl)cccc3Cl)n2O)n1. The van der Waals surface area contributed by atoms with Crippen molar-refractivity contribution in [3.8, 4) is 39.8 Å². The molecule has 2 aromatic carbocycles. The molecule has 0 aliphatic heterocycles. The number of halogens is 2. The Bertz CT molecular complexity index is 1190. The second kappa shape index (κ2) is 7.94. The van der Waals surface area contributed by atoms with Gasteiger partial charge in [-0.15, -0.1) is 0 Å². The summed E-state index contributed by atoms with van der Waals surface area (Å²) in [5.41, 5.74) is 2.21. The lowest BCUT2D eigenvalue weighted by Crippen LogP contribution is -2.00. The van der Waals surface area contributed by atoms with Gasteiger partial charge < -0.3 is 10.3 Å². The number of hydrogen-bond donors (Lipinski definition) is 2. The fourth-order valence-electron chi connectivity index (χ4n) is 2.94. The van der Waals surface area contributed by atoms with Crippen LogP contribution in [0.2, 0.25) is 10.0 Å². The summed E-state index contributed by atoms with van der Waals surface area (Å²) in [4.78, 5) is 13.3. The molecular weight excluding hydrogens is 431 g/mol. The molecule has 0 fully saturated rings. The summed E-state index contributed by atoms with van der Waals surface area (Å²) in [7, 11) is 0. The van der Waals surface area contributed by atoms with Crippen molar-refractivity contribution in [2.24, 2.45) is 0 Å². The van der Waals surface area contributed by atoms with Crippen molar-refractivity contribution >= 4 is 35.0 Å². The number of phenols is 1. The van der Waals surface area contributed by atoms with Gasteiger partial charge in [0.05, 0.1) is 21.3 Å². The van der Waals surface area contributed by atoms with Crippen LogP contribution in [0.5, 0.6) is 5.75 Å². The van der Waals surface area contributed by atoms with E-state index in [4.69, 9.17) is 23.2 Å². The fraction of sp³-hybridized carbons (Fsp3) is 0.0500. The molecule has 0 saturated carbocycles. The normalized spacial score (nSPS) is 11.0. The molecule has 9 heteroatoms. The van der Waals surface area contributed by atoms with E-state index < -0.39 is 0 Å². The molecule has 4 aromatic rings. The first-order valence-corrected chi connectivity index (χ1v) is 10.4. The summed E-state index contributed by atoms with van der Waals surface area (Å²) in [6.07, 6.45) is 3.47. The van der Waals surface area contributed by atoms with Crippen LogP contribution < -0.4 is 0 Å². The zero-order valence-corrected chi connectivity index (χ0v) is 17.4. The summed E-state index contributed by atoms with van der Waals surface area (Å²) >= 11 is 14.1. The maximum Gasteiger partial charge on any atom is 0.187 e. The molecule has 2 N–H and O–H groups in total. The van der Waals surface area contributed by atoms with Gasteiger partial charge in [0.2, 0.25) is 0 Å². The number of rotatable bonds is 4. The Balaban J connectivity index is 2.04. The minimum Gasteiger partial charge on any atom is -0.508 e.